The smallest absolute Gasteiger partial charge is 0.226 e. The fourth-order valence-electron chi connectivity index (χ4n) is 1.94. The van der Waals surface area contributed by atoms with E-state index in [9.17, 15) is 4.79 Å². The molecule has 24 heavy (non-hydrogen) atoms. The fraction of sp³-hybridized carbons (Fsp3) is 0.222. The van der Waals surface area contributed by atoms with Gasteiger partial charge in [-0.2, -0.15) is 0 Å². The van der Waals surface area contributed by atoms with Gasteiger partial charge in [0.1, 0.15) is 5.75 Å². The number of thiocarbonyl (C=S) groups is 1. The summed E-state index contributed by atoms with van der Waals surface area (Å²) in [5.74, 6) is 0.686. The lowest BCUT2D eigenvalue weighted by Crippen LogP contribution is -2.34. The highest BCUT2D eigenvalue weighted by molar-refractivity contribution is 9.10. The molecular formula is C18H19BrN2O2S. The number of carbonyl (C=O) groups excluding carboxylic acids is 1. The molecule has 2 aromatic rings. The Morgan fingerprint density at radius 3 is 2.46 bits per heavy atom. The van der Waals surface area contributed by atoms with Gasteiger partial charge in [0.2, 0.25) is 5.91 Å². The third kappa shape index (κ3) is 6.68. The molecule has 0 fully saturated rings. The van der Waals surface area contributed by atoms with Crippen LogP contribution in [0.15, 0.2) is 53.0 Å². The number of nitrogens with one attached hydrogen (secondary N) is 2. The molecule has 0 saturated carbocycles. The van der Waals surface area contributed by atoms with E-state index in [0.29, 0.717) is 24.6 Å². The number of ether oxygens (including phenoxy) is 1. The number of anilines is 1. The van der Waals surface area contributed by atoms with E-state index in [1.807, 2.05) is 55.5 Å². The van der Waals surface area contributed by atoms with Gasteiger partial charge in [0, 0.05) is 16.6 Å². The van der Waals surface area contributed by atoms with Crippen molar-refractivity contribution in [2.45, 2.75) is 19.8 Å². The Morgan fingerprint density at radius 2 is 1.79 bits per heavy atom. The third-order valence-corrected chi connectivity index (χ3v) is 3.93. The van der Waals surface area contributed by atoms with E-state index in [1.54, 1.807) is 0 Å². The molecule has 0 unspecified atom stereocenters. The maximum Gasteiger partial charge on any atom is 0.226 e. The topological polar surface area (TPSA) is 50.4 Å². The molecule has 2 rings (SSSR count). The van der Waals surface area contributed by atoms with Gasteiger partial charge in [-0.05, 0) is 62.0 Å². The van der Waals surface area contributed by atoms with Gasteiger partial charge < -0.3 is 15.4 Å². The molecule has 126 valence electrons. The first-order chi connectivity index (χ1) is 11.5. The molecule has 0 spiro atoms. The second-order valence-electron chi connectivity index (χ2n) is 5.27. The molecule has 4 nitrogen and oxygen atoms in total. The van der Waals surface area contributed by atoms with Gasteiger partial charge in [-0.1, -0.05) is 33.6 Å². The number of halogens is 1. The molecule has 0 aliphatic rings. The van der Waals surface area contributed by atoms with Crippen LogP contribution in [-0.2, 0) is 4.79 Å². The van der Waals surface area contributed by atoms with Gasteiger partial charge in [0.15, 0.2) is 5.11 Å². The normalized spacial score (nSPS) is 10.1. The highest BCUT2D eigenvalue weighted by atomic mass is 79.9. The maximum absolute atomic E-state index is 11.9. The van der Waals surface area contributed by atoms with Crippen molar-refractivity contribution in [1.82, 2.24) is 5.32 Å². The molecule has 0 bridgehead atoms. The van der Waals surface area contributed by atoms with Crippen molar-refractivity contribution < 1.29 is 9.53 Å². The maximum atomic E-state index is 11.9. The van der Waals surface area contributed by atoms with Crippen LogP contribution in [0, 0.1) is 6.92 Å². The molecule has 0 aliphatic heterocycles. The van der Waals surface area contributed by atoms with E-state index in [4.69, 9.17) is 17.0 Å². The van der Waals surface area contributed by atoms with Crippen LogP contribution in [0.1, 0.15) is 18.4 Å². The van der Waals surface area contributed by atoms with Crippen LogP contribution in [0.25, 0.3) is 0 Å². The van der Waals surface area contributed by atoms with Gasteiger partial charge in [0.05, 0.1) is 6.61 Å². The number of benzene rings is 2. The summed E-state index contributed by atoms with van der Waals surface area (Å²) in [6, 6.07) is 15.4. The lowest BCUT2D eigenvalue weighted by molar-refractivity contribution is -0.119. The number of amides is 1. The van der Waals surface area contributed by atoms with Gasteiger partial charge in [-0.3, -0.25) is 4.79 Å². The lowest BCUT2D eigenvalue weighted by Gasteiger charge is -2.10. The summed E-state index contributed by atoms with van der Waals surface area (Å²) in [7, 11) is 0. The van der Waals surface area contributed by atoms with Gasteiger partial charge in [0.25, 0.3) is 0 Å². The summed E-state index contributed by atoms with van der Waals surface area (Å²) in [6.07, 6.45) is 0.981. The first kappa shape index (κ1) is 18.4. The summed E-state index contributed by atoms with van der Waals surface area (Å²) in [5.41, 5.74) is 2.01. The molecule has 0 radical (unpaired) electrons. The Hall–Kier alpha value is -1.92. The lowest BCUT2D eigenvalue weighted by atomic mass is 10.2. The van der Waals surface area contributed by atoms with Crippen molar-refractivity contribution >= 4 is 44.9 Å². The number of hydrogen-bond donors (Lipinski definition) is 2. The molecule has 6 heteroatoms. The van der Waals surface area contributed by atoms with Crippen molar-refractivity contribution in [3.8, 4) is 5.75 Å². The predicted molar refractivity (Wildman–Crippen MR) is 104 cm³/mol. The van der Waals surface area contributed by atoms with Crippen LogP contribution in [0.3, 0.4) is 0 Å². The molecule has 2 N–H and O–H groups in total. The SMILES string of the molecule is Cc1ccc(OCCCC(=O)NC(=S)Nc2ccc(Br)cc2)cc1. The zero-order valence-electron chi connectivity index (χ0n) is 13.3. The quantitative estimate of drug-likeness (QED) is 0.550. The Morgan fingerprint density at radius 1 is 1.12 bits per heavy atom. The van der Waals surface area contributed by atoms with Crippen molar-refractivity contribution in [1.29, 1.82) is 0 Å². The number of carbonyl (C=O) groups is 1. The zero-order chi connectivity index (χ0) is 17.4. The van der Waals surface area contributed by atoms with E-state index in [0.717, 1.165) is 15.9 Å². The van der Waals surface area contributed by atoms with E-state index in [2.05, 4.69) is 26.6 Å². The Bertz CT molecular complexity index is 687. The summed E-state index contributed by atoms with van der Waals surface area (Å²) < 4.78 is 6.57. The largest absolute Gasteiger partial charge is 0.494 e. The number of hydrogen-bond acceptors (Lipinski definition) is 3. The molecule has 0 aliphatic carbocycles. The number of aryl methyl sites for hydroxylation is 1. The Kier molecular flexibility index (Phi) is 7.21. The number of rotatable bonds is 6. The van der Waals surface area contributed by atoms with E-state index in [1.165, 1.54) is 5.56 Å². The molecule has 0 aromatic heterocycles. The van der Waals surface area contributed by atoms with Crippen LogP contribution in [-0.4, -0.2) is 17.6 Å². The van der Waals surface area contributed by atoms with Crippen molar-refractivity contribution in [2.24, 2.45) is 0 Å². The van der Waals surface area contributed by atoms with Gasteiger partial charge >= 0.3 is 0 Å². The van der Waals surface area contributed by atoms with E-state index < -0.39 is 0 Å². The van der Waals surface area contributed by atoms with E-state index >= 15 is 0 Å². The molecule has 2 aromatic carbocycles. The van der Waals surface area contributed by atoms with Gasteiger partial charge in [-0.15, -0.1) is 0 Å². The minimum absolute atomic E-state index is 0.128. The first-order valence-electron chi connectivity index (χ1n) is 7.59. The summed E-state index contributed by atoms with van der Waals surface area (Å²) in [4.78, 5) is 11.9. The summed E-state index contributed by atoms with van der Waals surface area (Å²) in [6.45, 7) is 2.52. The van der Waals surface area contributed by atoms with Crippen molar-refractivity contribution in [3.63, 3.8) is 0 Å². The van der Waals surface area contributed by atoms with Crippen LogP contribution < -0.4 is 15.4 Å². The van der Waals surface area contributed by atoms with Crippen LogP contribution in [0.2, 0.25) is 0 Å². The van der Waals surface area contributed by atoms with E-state index in [-0.39, 0.29) is 5.91 Å². The average molecular weight is 407 g/mol. The first-order valence-corrected chi connectivity index (χ1v) is 8.79. The van der Waals surface area contributed by atoms with Crippen LogP contribution in [0.5, 0.6) is 5.75 Å². The van der Waals surface area contributed by atoms with Crippen molar-refractivity contribution in [2.75, 3.05) is 11.9 Å². The molecule has 0 heterocycles. The third-order valence-electron chi connectivity index (χ3n) is 3.19. The highest BCUT2D eigenvalue weighted by Gasteiger charge is 2.05. The van der Waals surface area contributed by atoms with Crippen LogP contribution >= 0.6 is 28.1 Å². The average Bonchev–Trinajstić information content (AvgIpc) is 2.55. The second kappa shape index (κ2) is 9.39. The minimum atomic E-state index is -0.128. The van der Waals surface area contributed by atoms with Gasteiger partial charge in [-0.25, -0.2) is 0 Å². The second-order valence-corrected chi connectivity index (χ2v) is 6.60. The van der Waals surface area contributed by atoms with Crippen LogP contribution in [0.4, 0.5) is 5.69 Å². The molecule has 0 atom stereocenters. The predicted octanol–water partition coefficient (Wildman–Crippen LogP) is 4.43. The standard InChI is InChI=1S/C18H19BrN2O2S/c1-13-4-10-16(11-5-13)23-12-2-3-17(22)21-18(24)20-15-8-6-14(19)7-9-15/h4-11H,2-3,12H2,1H3,(H2,20,21,22,24). The Balaban J connectivity index is 1.64. The molecule has 1 amide bonds. The zero-order valence-corrected chi connectivity index (χ0v) is 15.7. The summed E-state index contributed by atoms with van der Waals surface area (Å²) in [5, 5.41) is 5.93. The Labute approximate surface area is 155 Å². The molecular weight excluding hydrogens is 388 g/mol. The monoisotopic (exact) mass is 406 g/mol. The fourth-order valence-corrected chi connectivity index (χ4v) is 2.44. The van der Waals surface area contributed by atoms with Crippen molar-refractivity contribution in [3.05, 3.63) is 58.6 Å². The molecule has 0 saturated heterocycles. The summed E-state index contributed by atoms with van der Waals surface area (Å²) >= 11 is 8.49. The minimum Gasteiger partial charge on any atom is -0.494 e. The highest BCUT2D eigenvalue weighted by Crippen LogP contribution is 2.14.